The third kappa shape index (κ3) is 2.61. The first-order chi connectivity index (χ1) is 9.69. The molecule has 3 heteroatoms. The van der Waals surface area contributed by atoms with Crippen molar-refractivity contribution in [2.75, 3.05) is 13.1 Å². The van der Waals surface area contributed by atoms with E-state index in [1.165, 1.54) is 25.3 Å². The molecular formula is C17H25FN2. The number of nitrogens with zero attached hydrogens (tertiary/aromatic N) is 1. The predicted octanol–water partition coefficient (Wildman–Crippen LogP) is 3.34. The molecule has 2 aliphatic rings. The van der Waals surface area contributed by atoms with E-state index in [4.69, 9.17) is 5.73 Å². The van der Waals surface area contributed by atoms with Crippen LogP contribution in [-0.4, -0.2) is 24.0 Å². The van der Waals surface area contributed by atoms with Crippen molar-refractivity contribution in [3.63, 3.8) is 0 Å². The molecular weight excluding hydrogens is 251 g/mol. The van der Waals surface area contributed by atoms with Crippen LogP contribution in [-0.2, 0) is 0 Å². The summed E-state index contributed by atoms with van der Waals surface area (Å²) in [5, 5.41) is 0. The van der Waals surface area contributed by atoms with E-state index < -0.39 is 0 Å². The van der Waals surface area contributed by atoms with Crippen molar-refractivity contribution in [2.24, 2.45) is 17.6 Å². The summed E-state index contributed by atoms with van der Waals surface area (Å²) in [7, 11) is 0. The smallest absolute Gasteiger partial charge is 0.123 e. The predicted molar refractivity (Wildman–Crippen MR) is 79.8 cm³/mol. The molecule has 1 aliphatic carbocycles. The molecule has 1 saturated heterocycles. The van der Waals surface area contributed by atoms with Gasteiger partial charge in [0.2, 0.25) is 0 Å². The molecule has 0 radical (unpaired) electrons. The number of likely N-dealkylation sites (tertiary alicyclic amines) is 1. The fourth-order valence-electron chi connectivity index (χ4n) is 4.22. The van der Waals surface area contributed by atoms with Gasteiger partial charge in [0, 0.05) is 25.2 Å². The number of hydrogen-bond donors (Lipinski definition) is 1. The van der Waals surface area contributed by atoms with Crippen LogP contribution in [0.15, 0.2) is 24.3 Å². The minimum absolute atomic E-state index is 0.130. The first kappa shape index (κ1) is 14.0. The summed E-state index contributed by atoms with van der Waals surface area (Å²) in [5.41, 5.74) is 7.41. The SMILES string of the molecule is CCC(c1cccc(F)c1)N1CC2CCCC(N)C2C1. The molecule has 0 aromatic heterocycles. The standard InChI is InChI=1S/C17H25FN2/c1-2-17(12-5-3-7-14(18)9-12)20-10-13-6-4-8-16(19)15(13)11-20/h3,5,7,9,13,15-17H,2,4,6,8,10-11,19H2,1H3. The lowest BCUT2D eigenvalue weighted by atomic mass is 9.78. The third-order valence-corrected chi connectivity index (χ3v) is 5.24. The Kier molecular flexibility index (Phi) is 4.08. The summed E-state index contributed by atoms with van der Waals surface area (Å²) in [6.45, 7) is 4.41. The Morgan fingerprint density at radius 3 is 2.90 bits per heavy atom. The van der Waals surface area contributed by atoms with E-state index in [1.807, 2.05) is 6.07 Å². The Morgan fingerprint density at radius 2 is 2.20 bits per heavy atom. The Bertz CT molecular complexity index is 462. The third-order valence-electron chi connectivity index (χ3n) is 5.24. The number of rotatable bonds is 3. The Labute approximate surface area is 121 Å². The molecule has 1 saturated carbocycles. The van der Waals surface area contributed by atoms with Gasteiger partial charge < -0.3 is 5.73 Å². The van der Waals surface area contributed by atoms with Gasteiger partial charge in [-0.15, -0.1) is 0 Å². The van der Waals surface area contributed by atoms with Crippen LogP contribution in [0.2, 0.25) is 0 Å². The van der Waals surface area contributed by atoms with E-state index in [2.05, 4.69) is 17.9 Å². The average molecular weight is 276 g/mol. The highest BCUT2D eigenvalue weighted by molar-refractivity contribution is 5.20. The molecule has 0 spiro atoms. The minimum Gasteiger partial charge on any atom is -0.327 e. The summed E-state index contributed by atoms with van der Waals surface area (Å²) in [4.78, 5) is 2.54. The normalized spacial score (nSPS) is 32.0. The van der Waals surface area contributed by atoms with Crippen LogP contribution in [0.5, 0.6) is 0 Å². The van der Waals surface area contributed by atoms with E-state index in [9.17, 15) is 4.39 Å². The Balaban J connectivity index is 1.77. The molecule has 1 aromatic carbocycles. The maximum Gasteiger partial charge on any atom is 0.123 e. The van der Waals surface area contributed by atoms with Crippen molar-refractivity contribution in [2.45, 2.75) is 44.7 Å². The second kappa shape index (κ2) is 5.82. The highest BCUT2D eigenvalue weighted by atomic mass is 19.1. The van der Waals surface area contributed by atoms with Gasteiger partial charge in [-0.25, -0.2) is 4.39 Å². The molecule has 2 nitrogen and oxygen atoms in total. The summed E-state index contributed by atoms with van der Waals surface area (Å²) in [6, 6.07) is 7.79. The van der Waals surface area contributed by atoms with Crippen LogP contribution >= 0.6 is 0 Å². The molecule has 4 atom stereocenters. The highest BCUT2D eigenvalue weighted by Crippen LogP contribution is 2.39. The topological polar surface area (TPSA) is 29.3 Å². The van der Waals surface area contributed by atoms with Gasteiger partial charge in [-0.3, -0.25) is 4.90 Å². The second-order valence-corrected chi connectivity index (χ2v) is 6.45. The minimum atomic E-state index is -0.130. The maximum atomic E-state index is 13.5. The molecule has 1 heterocycles. The monoisotopic (exact) mass is 276 g/mol. The van der Waals surface area contributed by atoms with Crippen molar-refractivity contribution in [1.82, 2.24) is 4.90 Å². The van der Waals surface area contributed by atoms with Crippen LogP contribution in [0.3, 0.4) is 0 Å². The quantitative estimate of drug-likeness (QED) is 0.917. The van der Waals surface area contributed by atoms with Crippen molar-refractivity contribution in [3.05, 3.63) is 35.6 Å². The number of nitrogens with two attached hydrogens (primary N) is 1. The largest absolute Gasteiger partial charge is 0.327 e. The van der Waals surface area contributed by atoms with Gasteiger partial charge in [0.05, 0.1) is 0 Å². The van der Waals surface area contributed by atoms with Crippen molar-refractivity contribution in [3.8, 4) is 0 Å². The van der Waals surface area contributed by atoms with E-state index >= 15 is 0 Å². The van der Waals surface area contributed by atoms with Gasteiger partial charge in [0.15, 0.2) is 0 Å². The molecule has 110 valence electrons. The maximum absolute atomic E-state index is 13.5. The lowest BCUT2D eigenvalue weighted by Gasteiger charge is -2.30. The summed E-state index contributed by atoms with van der Waals surface area (Å²) in [5.74, 6) is 1.27. The molecule has 1 aromatic rings. The number of hydrogen-bond acceptors (Lipinski definition) is 2. The second-order valence-electron chi connectivity index (χ2n) is 6.45. The molecule has 0 bridgehead atoms. The van der Waals surface area contributed by atoms with Gasteiger partial charge in [-0.05, 0) is 48.8 Å². The van der Waals surface area contributed by atoms with Crippen LogP contribution in [0.4, 0.5) is 4.39 Å². The highest BCUT2D eigenvalue weighted by Gasteiger charge is 2.40. The van der Waals surface area contributed by atoms with Crippen molar-refractivity contribution < 1.29 is 4.39 Å². The Hall–Kier alpha value is -0.930. The number of halogens is 1. The first-order valence-electron chi connectivity index (χ1n) is 7.94. The molecule has 1 aliphatic heterocycles. The van der Waals surface area contributed by atoms with E-state index in [0.29, 0.717) is 18.0 Å². The lowest BCUT2D eigenvalue weighted by Crippen LogP contribution is -2.38. The van der Waals surface area contributed by atoms with Crippen molar-refractivity contribution >= 4 is 0 Å². The zero-order valence-electron chi connectivity index (χ0n) is 12.3. The fourth-order valence-corrected chi connectivity index (χ4v) is 4.22. The first-order valence-corrected chi connectivity index (χ1v) is 7.94. The van der Waals surface area contributed by atoms with Crippen LogP contribution in [0.1, 0.15) is 44.2 Å². The molecule has 3 rings (SSSR count). The summed E-state index contributed by atoms with van der Waals surface area (Å²) in [6.07, 6.45) is 4.78. The van der Waals surface area contributed by atoms with Gasteiger partial charge in [0.1, 0.15) is 5.82 Å². The van der Waals surface area contributed by atoms with Crippen molar-refractivity contribution in [1.29, 1.82) is 0 Å². The molecule has 0 amide bonds. The van der Waals surface area contributed by atoms with E-state index in [-0.39, 0.29) is 5.82 Å². The summed E-state index contributed by atoms with van der Waals surface area (Å²) >= 11 is 0. The lowest BCUT2D eigenvalue weighted by molar-refractivity contribution is 0.224. The van der Waals surface area contributed by atoms with Gasteiger partial charge in [-0.2, -0.15) is 0 Å². The fraction of sp³-hybridized carbons (Fsp3) is 0.647. The van der Waals surface area contributed by atoms with Crippen LogP contribution in [0, 0.1) is 17.7 Å². The van der Waals surface area contributed by atoms with Gasteiger partial charge in [0.25, 0.3) is 0 Å². The molecule has 4 unspecified atom stereocenters. The van der Waals surface area contributed by atoms with E-state index in [0.717, 1.165) is 31.0 Å². The van der Waals surface area contributed by atoms with E-state index in [1.54, 1.807) is 6.07 Å². The number of benzene rings is 1. The molecule has 2 N–H and O–H groups in total. The zero-order chi connectivity index (χ0) is 14.1. The Morgan fingerprint density at radius 1 is 1.35 bits per heavy atom. The molecule has 20 heavy (non-hydrogen) atoms. The van der Waals surface area contributed by atoms with Gasteiger partial charge in [-0.1, -0.05) is 25.5 Å². The van der Waals surface area contributed by atoms with Gasteiger partial charge >= 0.3 is 0 Å². The average Bonchev–Trinajstić information content (AvgIpc) is 2.85. The summed E-state index contributed by atoms with van der Waals surface area (Å²) < 4.78 is 13.5. The number of fused-ring (bicyclic) bond motifs is 1. The van der Waals surface area contributed by atoms with Crippen LogP contribution in [0.25, 0.3) is 0 Å². The zero-order valence-corrected chi connectivity index (χ0v) is 12.3. The van der Waals surface area contributed by atoms with Crippen LogP contribution < -0.4 is 5.73 Å². The molecule has 2 fully saturated rings.